The van der Waals surface area contributed by atoms with Gasteiger partial charge in [-0.1, -0.05) is 12.1 Å². The second-order valence-electron chi connectivity index (χ2n) is 7.75. The van der Waals surface area contributed by atoms with Crippen LogP contribution in [-0.2, 0) is 22.4 Å². The van der Waals surface area contributed by atoms with Crippen LogP contribution in [0, 0.1) is 0 Å². The van der Waals surface area contributed by atoms with E-state index in [0.717, 1.165) is 11.1 Å². The van der Waals surface area contributed by atoms with Gasteiger partial charge in [-0.05, 0) is 48.2 Å². The number of aliphatic hydroxyl groups excluding tert-OH is 1. The van der Waals surface area contributed by atoms with E-state index in [1.165, 1.54) is 0 Å². The molecule has 2 aromatic rings. The van der Waals surface area contributed by atoms with E-state index in [9.17, 15) is 9.59 Å². The van der Waals surface area contributed by atoms with E-state index in [1.807, 2.05) is 36.4 Å². The topological polar surface area (TPSA) is 184 Å². The number of benzene rings is 2. The van der Waals surface area contributed by atoms with E-state index in [-0.39, 0.29) is 0 Å². The highest BCUT2D eigenvalue weighted by molar-refractivity contribution is 5.79. The zero-order chi connectivity index (χ0) is 26.6. The van der Waals surface area contributed by atoms with E-state index in [4.69, 9.17) is 45.7 Å². The fourth-order valence-electron chi connectivity index (χ4n) is 3.25. The molecule has 2 aromatic carbocycles. The maximum absolute atomic E-state index is 9.72. The molecule has 0 bridgehead atoms. The van der Waals surface area contributed by atoms with Crippen molar-refractivity contribution in [1.82, 2.24) is 0 Å². The van der Waals surface area contributed by atoms with Crippen LogP contribution in [0.3, 0.4) is 0 Å². The predicted octanol–water partition coefficient (Wildman–Crippen LogP) is 1.07. The standard InChI is InChI=1S/C20H28N2O4.C4H6O5/c1-23-16-7-5-14(9-18(16)25-3)11-20(22,13-21)12-15-6-8-17(24-2)19(10-15)26-4;5-2(4(8)9)1-3(6)7/h5-10H,11-13,21-22H2,1-4H3;2,5H,1H2,(H,6,7)(H,8,9). The summed E-state index contributed by atoms with van der Waals surface area (Å²) in [6, 6.07) is 11.6. The van der Waals surface area contributed by atoms with Crippen LogP contribution in [0.4, 0.5) is 0 Å². The van der Waals surface area contributed by atoms with Crippen molar-refractivity contribution < 1.29 is 43.9 Å². The molecule has 0 aromatic heterocycles. The molecule has 0 amide bonds. The smallest absolute Gasteiger partial charge is 0.333 e. The van der Waals surface area contributed by atoms with Crippen molar-refractivity contribution in [3.63, 3.8) is 0 Å². The summed E-state index contributed by atoms with van der Waals surface area (Å²) in [7, 11) is 6.46. The number of aliphatic hydroxyl groups is 1. The summed E-state index contributed by atoms with van der Waals surface area (Å²) in [5, 5.41) is 24.1. The Kier molecular flexibility index (Phi) is 11.8. The molecule has 11 nitrogen and oxygen atoms in total. The number of hydrogen-bond donors (Lipinski definition) is 5. The molecule has 0 saturated carbocycles. The molecule has 0 saturated heterocycles. The summed E-state index contributed by atoms with van der Waals surface area (Å²) in [5.41, 5.74) is 14.1. The van der Waals surface area contributed by atoms with Crippen LogP contribution in [0.5, 0.6) is 23.0 Å². The molecule has 0 aliphatic rings. The molecular formula is C24H34N2O9. The highest BCUT2D eigenvalue weighted by Crippen LogP contribution is 2.31. The molecule has 0 aliphatic heterocycles. The molecule has 0 heterocycles. The van der Waals surface area contributed by atoms with E-state index < -0.39 is 30.0 Å². The largest absolute Gasteiger partial charge is 0.493 e. The molecule has 0 aliphatic carbocycles. The molecule has 1 atom stereocenters. The van der Waals surface area contributed by atoms with Gasteiger partial charge in [-0.15, -0.1) is 0 Å². The predicted molar refractivity (Wildman–Crippen MR) is 128 cm³/mol. The van der Waals surface area contributed by atoms with Gasteiger partial charge in [0.05, 0.1) is 34.9 Å². The number of rotatable bonds is 12. The Hall–Kier alpha value is -3.54. The molecule has 0 fully saturated rings. The lowest BCUT2D eigenvalue weighted by atomic mass is 9.85. The highest BCUT2D eigenvalue weighted by Gasteiger charge is 2.25. The SMILES string of the molecule is COc1ccc(CC(N)(CN)Cc2ccc(OC)c(OC)c2)cc1OC.O=C(O)CC(O)C(=O)O. The first-order chi connectivity index (χ1) is 16.5. The Balaban J connectivity index is 0.000000579. The normalized spacial score (nSPS) is 11.5. The lowest BCUT2D eigenvalue weighted by Crippen LogP contribution is -2.50. The van der Waals surface area contributed by atoms with E-state index >= 15 is 0 Å². The number of ether oxygens (including phenoxy) is 4. The van der Waals surface area contributed by atoms with Crippen molar-refractivity contribution in [3.8, 4) is 23.0 Å². The number of carboxylic acid groups (broad SMARTS) is 2. The molecule has 11 heteroatoms. The average Bonchev–Trinajstić information content (AvgIpc) is 2.83. The molecule has 1 unspecified atom stereocenters. The van der Waals surface area contributed by atoms with Crippen molar-refractivity contribution in [2.75, 3.05) is 35.0 Å². The first-order valence-corrected chi connectivity index (χ1v) is 10.6. The zero-order valence-electron chi connectivity index (χ0n) is 20.3. The van der Waals surface area contributed by atoms with Crippen LogP contribution in [0.25, 0.3) is 0 Å². The molecule has 194 valence electrons. The van der Waals surface area contributed by atoms with Gasteiger partial charge in [0.1, 0.15) is 0 Å². The summed E-state index contributed by atoms with van der Waals surface area (Å²) in [6.45, 7) is 0.343. The lowest BCUT2D eigenvalue weighted by molar-refractivity contribution is -0.152. The van der Waals surface area contributed by atoms with Crippen molar-refractivity contribution in [3.05, 3.63) is 47.5 Å². The molecular weight excluding hydrogens is 460 g/mol. The monoisotopic (exact) mass is 494 g/mol. The Morgan fingerprint density at radius 3 is 1.49 bits per heavy atom. The summed E-state index contributed by atoms with van der Waals surface area (Å²) in [4.78, 5) is 19.4. The maximum atomic E-state index is 9.72. The number of carboxylic acids is 2. The number of carbonyl (C=O) groups is 2. The minimum absolute atomic E-state index is 0.343. The van der Waals surface area contributed by atoms with Crippen LogP contribution in [0.1, 0.15) is 17.5 Å². The average molecular weight is 495 g/mol. The van der Waals surface area contributed by atoms with Gasteiger partial charge in [0.25, 0.3) is 0 Å². The van der Waals surface area contributed by atoms with Crippen LogP contribution < -0.4 is 30.4 Å². The van der Waals surface area contributed by atoms with E-state index in [0.29, 0.717) is 42.4 Å². The lowest BCUT2D eigenvalue weighted by Gasteiger charge is -2.29. The van der Waals surface area contributed by atoms with Crippen molar-refractivity contribution >= 4 is 11.9 Å². The van der Waals surface area contributed by atoms with Crippen LogP contribution >= 0.6 is 0 Å². The van der Waals surface area contributed by atoms with Gasteiger partial charge in [0.15, 0.2) is 29.1 Å². The number of aliphatic carboxylic acids is 2. The Morgan fingerprint density at radius 2 is 1.23 bits per heavy atom. The summed E-state index contributed by atoms with van der Waals surface area (Å²) in [5.74, 6) is -0.119. The summed E-state index contributed by atoms with van der Waals surface area (Å²) < 4.78 is 21.3. The Morgan fingerprint density at radius 1 is 0.829 bits per heavy atom. The summed E-state index contributed by atoms with van der Waals surface area (Å²) >= 11 is 0. The third-order valence-corrected chi connectivity index (χ3v) is 5.07. The maximum Gasteiger partial charge on any atom is 0.333 e. The van der Waals surface area contributed by atoms with Crippen LogP contribution in [0.15, 0.2) is 36.4 Å². The van der Waals surface area contributed by atoms with Crippen molar-refractivity contribution in [2.24, 2.45) is 11.5 Å². The van der Waals surface area contributed by atoms with Gasteiger partial charge in [-0.3, -0.25) is 4.79 Å². The second kappa shape index (κ2) is 14.0. The van der Waals surface area contributed by atoms with Gasteiger partial charge in [0, 0.05) is 12.1 Å². The first kappa shape index (κ1) is 29.5. The quantitative estimate of drug-likeness (QED) is 0.284. The van der Waals surface area contributed by atoms with Crippen molar-refractivity contribution in [1.29, 1.82) is 0 Å². The van der Waals surface area contributed by atoms with Crippen LogP contribution in [0.2, 0.25) is 0 Å². The van der Waals surface area contributed by atoms with E-state index in [2.05, 4.69) is 0 Å². The summed E-state index contributed by atoms with van der Waals surface area (Å²) in [6.07, 6.45) is -1.33. The number of nitrogens with two attached hydrogens (primary N) is 2. The fraction of sp³-hybridized carbons (Fsp3) is 0.417. The highest BCUT2D eigenvalue weighted by atomic mass is 16.5. The number of methoxy groups -OCH3 is 4. The first-order valence-electron chi connectivity index (χ1n) is 10.6. The van der Waals surface area contributed by atoms with E-state index in [1.54, 1.807) is 28.4 Å². The minimum Gasteiger partial charge on any atom is -0.493 e. The van der Waals surface area contributed by atoms with Crippen molar-refractivity contribution in [2.45, 2.75) is 30.9 Å². The molecule has 2 rings (SSSR count). The van der Waals surface area contributed by atoms with Gasteiger partial charge >= 0.3 is 11.9 Å². The minimum atomic E-state index is -1.79. The number of hydrogen-bond acceptors (Lipinski definition) is 9. The Labute approximate surface area is 204 Å². The van der Waals surface area contributed by atoms with Gasteiger partial charge in [0.2, 0.25) is 0 Å². The third kappa shape index (κ3) is 9.32. The zero-order valence-corrected chi connectivity index (χ0v) is 20.3. The Bertz CT molecular complexity index is 924. The molecule has 0 spiro atoms. The van der Waals surface area contributed by atoms with Gasteiger partial charge in [-0.2, -0.15) is 0 Å². The van der Waals surface area contributed by atoms with Crippen LogP contribution in [-0.4, -0.2) is 73.9 Å². The molecule has 35 heavy (non-hydrogen) atoms. The fourth-order valence-corrected chi connectivity index (χ4v) is 3.25. The molecule has 7 N–H and O–H groups in total. The van der Waals surface area contributed by atoms with Gasteiger partial charge < -0.3 is 45.7 Å². The van der Waals surface area contributed by atoms with Gasteiger partial charge in [-0.25, -0.2) is 4.79 Å². The second-order valence-corrected chi connectivity index (χ2v) is 7.75. The molecule has 0 radical (unpaired) electrons. The third-order valence-electron chi connectivity index (χ3n) is 5.07.